The Hall–Kier alpha value is -1.95. The number of nitrogens with zero attached hydrogens (tertiary/aromatic N) is 2. The second kappa shape index (κ2) is 7.82. The van der Waals surface area contributed by atoms with Crippen LogP contribution in [-0.4, -0.2) is 60.5 Å². The molecular weight excluding hydrogens is 359 g/mol. The number of halogens is 1. The van der Waals surface area contributed by atoms with Crippen molar-refractivity contribution in [3.63, 3.8) is 0 Å². The van der Waals surface area contributed by atoms with Crippen LogP contribution in [0.5, 0.6) is 0 Å². The van der Waals surface area contributed by atoms with Gasteiger partial charge in [-0.05, 0) is 42.9 Å². The standard InChI is InChI=1S/C22H29FN2O3/c1-3-4-6-15-11-24(21(26)16-7-5-8-19(23)14(16)2)9-10-25(15)22(27)20-17-12-28-13-18(17)20/h5,7-8,15,17-18,20H,3-4,6,9-13H2,1-2H3/t15-,17-,18+,20?/m0/s1. The van der Waals surface area contributed by atoms with Crippen molar-refractivity contribution in [1.29, 1.82) is 0 Å². The first-order valence-corrected chi connectivity index (χ1v) is 10.5. The lowest BCUT2D eigenvalue weighted by Crippen LogP contribution is -2.57. The van der Waals surface area contributed by atoms with E-state index in [1.165, 1.54) is 6.07 Å². The average Bonchev–Trinajstić information content (AvgIpc) is 3.18. The van der Waals surface area contributed by atoms with Gasteiger partial charge >= 0.3 is 0 Å². The van der Waals surface area contributed by atoms with Crippen molar-refractivity contribution < 1.29 is 18.7 Å². The summed E-state index contributed by atoms with van der Waals surface area (Å²) in [5, 5.41) is 0. The third-order valence-corrected chi connectivity index (χ3v) is 6.68. The lowest BCUT2D eigenvalue weighted by molar-refractivity contribution is -0.138. The summed E-state index contributed by atoms with van der Waals surface area (Å²) in [5.74, 6) is 0.661. The van der Waals surface area contributed by atoms with Gasteiger partial charge in [0.05, 0.1) is 13.2 Å². The zero-order valence-electron chi connectivity index (χ0n) is 16.7. The second-order valence-corrected chi connectivity index (χ2v) is 8.38. The van der Waals surface area contributed by atoms with Gasteiger partial charge < -0.3 is 14.5 Å². The maximum atomic E-state index is 13.9. The number of piperazine rings is 1. The number of rotatable bonds is 5. The predicted molar refractivity (Wildman–Crippen MR) is 103 cm³/mol. The summed E-state index contributed by atoms with van der Waals surface area (Å²) in [6, 6.07) is 4.69. The molecule has 152 valence electrons. The van der Waals surface area contributed by atoms with E-state index < -0.39 is 0 Å². The molecule has 1 saturated carbocycles. The molecule has 6 heteroatoms. The van der Waals surface area contributed by atoms with Gasteiger partial charge in [0, 0.05) is 37.2 Å². The predicted octanol–water partition coefficient (Wildman–Crippen LogP) is 2.87. The van der Waals surface area contributed by atoms with E-state index in [1.54, 1.807) is 24.0 Å². The average molecular weight is 388 g/mol. The first kappa shape index (κ1) is 19.4. The Kier molecular flexibility index (Phi) is 5.41. The van der Waals surface area contributed by atoms with E-state index in [2.05, 4.69) is 6.92 Å². The Morgan fingerprint density at radius 3 is 2.68 bits per heavy atom. The van der Waals surface area contributed by atoms with Crippen molar-refractivity contribution in [3.8, 4) is 0 Å². The Morgan fingerprint density at radius 2 is 1.96 bits per heavy atom. The molecule has 1 aromatic carbocycles. The van der Waals surface area contributed by atoms with E-state index in [0.717, 1.165) is 19.3 Å². The molecule has 0 N–H and O–H groups in total. The van der Waals surface area contributed by atoms with Crippen LogP contribution in [-0.2, 0) is 9.53 Å². The molecule has 28 heavy (non-hydrogen) atoms. The van der Waals surface area contributed by atoms with Gasteiger partial charge in [-0.2, -0.15) is 0 Å². The van der Waals surface area contributed by atoms with E-state index in [0.29, 0.717) is 55.8 Å². The summed E-state index contributed by atoms with van der Waals surface area (Å²) in [5.41, 5.74) is 0.810. The number of unbranched alkanes of at least 4 members (excludes halogenated alkanes) is 1. The van der Waals surface area contributed by atoms with Gasteiger partial charge in [0.15, 0.2) is 0 Å². The highest BCUT2D eigenvalue weighted by molar-refractivity contribution is 5.96. The largest absolute Gasteiger partial charge is 0.381 e. The van der Waals surface area contributed by atoms with E-state index >= 15 is 0 Å². The first-order valence-electron chi connectivity index (χ1n) is 10.5. The van der Waals surface area contributed by atoms with Crippen molar-refractivity contribution in [1.82, 2.24) is 9.80 Å². The topological polar surface area (TPSA) is 49.9 Å². The molecule has 1 aromatic rings. The molecule has 0 radical (unpaired) electrons. The molecule has 3 fully saturated rings. The van der Waals surface area contributed by atoms with Gasteiger partial charge in [-0.1, -0.05) is 25.8 Å². The minimum Gasteiger partial charge on any atom is -0.381 e. The van der Waals surface area contributed by atoms with Gasteiger partial charge in [0.25, 0.3) is 5.91 Å². The molecule has 0 bridgehead atoms. The SMILES string of the molecule is CCCC[C@H]1CN(C(=O)c2cccc(F)c2C)CCN1C(=O)C1[C@H]2COC[C@@H]12. The van der Waals surface area contributed by atoms with Crippen molar-refractivity contribution in [3.05, 3.63) is 35.1 Å². The van der Waals surface area contributed by atoms with Crippen molar-refractivity contribution in [2.75, 3.05) is 32.8 Å². The molecule has 2 saturated heterocycles. The molecule has 5 nitrogen and oxygen atoms in total. The molecular formula is C22H29FN2O3. The van der Waals surface area contributed by atoms with Crippen molar-refractivity contribution in [2.24, 2.45) is 17.8 Å². The minimum absolute atomic E-state index is 0.0428. The lowest BCUT2D eigenvalue weighted by Gasteiger charge is -2.42. The van der Waals surface area contributed by atoms with Crippen LogP contribution < -0.4 is 0 Å². The van der Waals surface area contributed by atoms with Gasteiger partial charge in [0.1, 0.15) is 5.82 Å². The van der Waals surface area contributed by atoms with Crippen LogP contribution in [0, 0.1) is 30.5 Å². The first-order chi connectivity index (χ1) is 13.5. The molecule has 3 aliphatic rings. The molecule has 2 amide bonds. The van der Waals surface area contributed by atoms with Crippen molar-refractivity contribution >= 4 is 11.8 Å². The fourth-order valence-corrected chi connectivity index (χ4v) is 4.82. The Balaban J connectivity index is 1.47. The number of hydrogen-bond acceptors (Lipinski definition) is 3. The quantitative estimate of drug-likeness (QED) is 0.779. The van der Waals surface area contributed by atoms with E-state index in [1.807, 2.05) is 4.90 Å². The number of hydrogen-bond donors (Lipinski definition) is 0. The molecule has 2 heterocycles. The molecule has 4 rings (SSSR count). The van der Waals surface area contributed by atoms with E-state index in [9.17, 15) is 14.0 Å². The fraction of sp³-hybridized carbons (Fsp3) is 0.636. The third-order valence-electron chi connectivity index (χ3n) is 6.68. The molecule has 0 spiro atoms. The molecule has 0 aromatic heterocycles. The highest BCUT2D eigenvalue weighted by atomic mass is 19.1. The molecule has 1 unspecified atom stereocenters. The van der Waals surface area contributed by atoms with Crippen LogP contribution in [0.3, 0.4) is 0 Å². The summed E-state index contributed by atoms with van der Waals surface area (Å²) in [7, 11) is 0. The molecule has 1 aliphatic carbocycles. The van der Waals surface area contributed by atoms with E-state index in [4.69, 9.17) is 4.74 Å². The summed E-state index contributed by atoms with van der Waals surface area (Å²) >= 11 is 0. The summed E-state index contributed by atoms with van der Waals surface area (Å²) in [4.78, 5) is 29.9. The van der Waals surface area contributed by atoms with Crippen LogP contribution >= 0.6 is 0 Å². The Morgan fingerprint density at radius 1 is 1.21 bits per heavy atom. The molecule has 4 atom stereocenters. The van der Waals surface area contributed by atoms with Crippen LogP contribution in [0.15, 0.2) is 18.2 Å². The van der Waals surface area contributed by atoms with Gasteiger partial charge in [-0.3, -0.25) is 9.59 Å². The monoisotopic (exact) mass is 388 g/mol. The number of carbonyl (C=O) groups is 2. The Bertz CT molecular complexity index is 758. The maximum absolute atomic E-state index is 13.9. The van der Waals surface area contributed by atoms with Crippen molar-refractivity contribution in [2.45, 2.75) is 39.2 Å². The Labute approximate surface area is 165 Å². The second-order valence-electron chi connectivity index (χ2n) is 8.38. The number of carbonyl (C=O) groups excluding carboxylic acids is 2. The summed E-state index contributed by atoms with van der Waals surface area (Å²) in [6.45, 7) is 6.78. The highest BCUT2D eigenvalue weighted by Gasteiger charge is 2.59. The number of fused-ring (bicyclic) bond motifs is 1. The maximum Gasteiger partial charge on any atom is 0.254 e. The number of benzene rings is 1. The zero-order chi connectivity index (χ0) is 19.8. The van der Waals surface area contributed by atoms with Crippen LogP contribution in [0.25, 0.3) is 0 Å². The van der Waals surface area contributed by atoms with Crippen LogP contribution in [0.4, 0.5) is 4.39 Å². The zero-order valence-corrected chi connectivity index (χ0v) is 16.7. The number of amides is 2. The lowest BCUT2D eigenvalue weighted by atomic mass is 10.0. The highest BCUT2D eigenvalue weighted by Crippen LogP contribution is 2.51. The smallest absolute Gasteiger partial charge is 0.254 e. The minimum atomic E-state index is -0.357. The number of ether oxygens (including phenoxy) is 1. The van der Waals surface area contributed by atoms with Crippen LogP contribution in [0.1, 0.15) is 42.1 Å². The van der Waals surface area contributed by atoms with Crippen LogP contribution in [0.2, 0.25) is 0 Å². The summed E-state index contributed by atoms with van der Waals surface area (Å²) < 4.78 is 19.3. The summed E-state index contributed by atoms with van der Waals surface area (Å²) in [6.07, 6.45) is 2.97. The third kappa shape index (κ3) is 3.43. The normalized spacial score (nSPS) is 29.0. The van der Waals surface area contributed by atoms with Gasteiger partial charge in [-0.25, -0.2) is 4.39 Å². The fourth-order valence-electron chi connectivity index (χ4n) is 4.82. The van der Waals surface area contributed by atoms with E-state index in [-0.39, 0.29) is 29.6 Å². The van der Waals surface area contributed by atoms with Gasteiger partial charge in [0.2, 0.25) is 5.91 Å². The van der Waals surface area contributed by atoms with Gasteiger partial charge in [-0.15, -0.1) is 0 Å². The molecule has 2 aliphatic heterocycles.